The number of carbonyl (C=O) groups is 2. The molecule has 6 heteroatoms. The molecule has 1 saturated heterocycles. The van der Waals surface area contributed by atoms with Gasteiger partial charge in [0, 0.05) is 31.0 Å². The third kappa shape index (κ3) is 4.81. The van der Waals surface area contributed by atoms with Gasteiger partial charge in [-0.15, -0.1) is 0 Å². The summed E-state index contributed by atoms with van der Waals surface area (Å²) in [7, 11) is 0. The average Bonchev–Trinajstić information content (AvgIpc) is 3.19. The van der Waals surface area contributed by atoms with Gasteiger partial charge in [0.1, 0.15) is 5.82 Å². The molecule has 1 fully saturated rings. The van der Waals surface area contributed by atoms with Crippen molar-refractivity contribution >= 4 is 23.2 Å². The highest BCUT2D eigenvalue weighted by Crippen LogP contribution is 2.20. The van der Waals surface area contributed by atoms with Crippen molar-refractivity contribution in [3.8, 4) is 0 Å². The van der Waals surface area contributed by atoms with Crippen molar-refractivity contribution in [3.63, 3.8) is 0 Å². The first-order valence-corrected chi connectivity index (χ1v) is 8.80. The number of rotatable bonds is 5. The minimum atomic E-state index is -0.763. The van der Waals surface area contributed by atoms with E-state index in [4.69, 9.17) is 0 Å². The Balaban J connectivity index is 1.42. The molecule has 2 N–H and O–H groups in total. The molecule has 1 aliphatic rings. The normalized spacial score (nSPS) is 13.5. The Morgan fingerprint density at radius 1 is 0.923 bits per heavy atom. The molecule has 0 atom stereocenters. The van der Waals surface area contributed by atoms with Crippen LogP contribution >= 0.6 is 0 Å². The number of hydrogen-bond acceptors (Lipinski definition) is 3. The van der Waals surface area contributed by atoms with Crippen LogP contribution in [-0.2, 0) is 16.0 Å². The van der Waals surface area contributed by atoms with E-state index in [1.807, 2.05) is 0 Å². The van der Waals surface area contributed by atoms with Crippen molar-refractivity contribution in [2.75, 3.05) is 29.9 Å². The number of nitrogens with zero attached hydrogens (tertiary/aromatic N) is 1. The maximum atomic E-state index is 12.8. The van der Waals surface area contributed by atoms with Crippen LogP contribution < -0.4 is 15.5 Å². The van der Waals surface area contributed by atoms with Gasteiger partial charge < -0.3 is 15.5 Å². The molecule has 2 aromatic rings. The molecule has 1 aliphatic heterocycles. The zero-order chi connectivity index (χ0) is 18.4. The summed E-state index contributed by atoms with van der Waals surface area (Å²) in [6, 6.07) is 13.6. The zero-order valence-corrected chi connectivity index (χ0v) is 14.5. The summed E-state index contributed by atoms with van der Waals surface area (Å²) in [5.41, 5.74) is 2.71. The standard InChI is InChI=1S/C20H22FN3O2/c21-16-5-7-17(8-6-16)23-20(26)19(25)22-12-11-15-3-9-18(10-4-15)24-13-1-2-14-24/h3-10H,1-2,11-14H2,(H,22,25)(H,23,26). The van der Waals surface area contributed by atoms with E-state index in [-0.39, 0.29) is 0 Å². The molecule has 0 aromatic heterocycles. The molecule has 136 valence electrons. The van der Waals surface area contributed by atoms with Crippen LogP contribution in [0.15, 0.2) is 48.5 Å². The van der Waals surface area contributed by atoms with E-state index in [1.165, 1.54) is 42.8 Å². The zero-order valence-electron chi connectivity index (χ0n) is 14.5. The van der Waals surface area contributed by atoms with Crippen LogP contribution in [0, 0.1) is 5.82 Å². The van der Waals surface area contributed by atoms with Crippen LogP contribution in [0.1, 0.15) is 18.4 Å². The third-order valence-corrected chi connectivity index (χ3v) is 4.42. The molecule has 0 aliphatic carbocycles. The fourth-order valence-electron chi connectivity index (χ4n) is 2.97. The highest BCUT2D eigenvalue weighted by molar-refractivity contribution is 6.39. The van der Waals surface area contributed by atoms with Gasteiger partial charge in [-0.2, -0.15) is 0 Å². The van der Waals surface area contributed by atoms with Crippen molar-refractivity contribution in [2.24, 2.45) is 0 Å². The van der Waals surface area contributed by atoms with Gasteiger partial charge in [-0.1, -0.05) is 12.1 Å². The first-order valence-electron chi connectivity index (χ1n) is 8.80. The largest absolute Gasteiger partial charge is 0.372 e. The minimum absolute atomic E-state index is 0.374. The predicted octanol–water partition coefficient (Wildman–Crippen LogP) is 2.72. The monoisotopic (exact) mass is 355 g/mol. The summed E-state index contributed by atoms with van der Waals surface area (Å²) >= 11 is 0. The molecular weight excluding hydrogens is 333 g/mol. The van der Waals surface area contributed by atoms with Crippen LogP contribution in [-0.4, -0.2) is 31.4 Å². The molecule has 2 amide bonds. The number of nitrogens with one attached hydrogen (secondary N) is 2. The Morgan fingerprint density at radius 2 is 1.58 bits per heavy atom. The van der Waals surface area contributed by atoms with Gasteiger partial charge >= 0.3 is 11.8 Å². The average molecular weight is 355 g/mol. The number of carbonyl (C=O) groups excluding carboxylic acids is 2. The summed E-state index contributed by atoms with van der Waals surface area (Å²) in [4.78, 5) is 26.0. The van der Waals surface area contributed by atoms with Crippen LogP contribution in [0.3, 0.4) is 0 Å². The topological polar surface area (TPSA) is 61.4 Å². The molecule has 2 aromatic carbocycles. The molecule has 0 unspecified atom stereocenters. The van der Waals surface area contributed by atoms with Crippen molar-refractivity contribution < 1.29 is 14.0 Å². The molecular formula is C20H22FN3O2. The molecule has 0 saturated carbocycles. The maximum absolute atomic E-state index is 12.8. The second-order valence-corrected chi connectivity index (χ2v) is 6.33. The van der Waals surface area contributed by atoms with Crippen molar-refractivity contribution in [3.05, 3.63) is 59.9 Å². The first kappa shape index (κ1) is 17.9. The number of amides is 2. The van der Waals surface area contributed by atoms with Gasteiger partial charge in [0.2, 0.25) is 0 Å². The fourth-order valence-corrected chi connectivity index (χ4v) is 2.97. The van der Waals surface area contributed by atoms with Gasteiger partial charge in [-0.25, -0.2) is 4.39 Å². The minimum Gasteiger partial charge on any atom is -0.372 e. The van der Waals surface area contributed by atoms with E-state index in [2.05, 4.69) is 39.8 Å². The first-order chi connectivity index (χ1) is 12.6. The molecule has 0 bridgehead atoms. The van der Waals surface area contributed by atoms with Gasteiger partial charge in [0.05, 0.1) is 0 Å². The van der Waals surface area contributed by atoms with E-state index in [9.17, 15) is 14.0 Å². The maximum Gasteiger partial charge on any atom is 0.313 e. The summed E-state index contributed by atoms with van der Waals surface area (Å²) in [6.07, 6.45) is 3.14. The smallest absolute Gasteiger partial charge is 0.313 e. The van der Waals surface area contributed by atoms with Gasteiger partial charge in [0.25, 0.3) is 0 Å². The highest BCUT2D eigenvalue weighted by Gasteiger charge is 2.14. The SMILES string of the molecule is O=C(NCCc1ccc(N2CCCC2)cc1)C(=O)Nc1ccc(F)cc1. The van der Waals surface area contributed by atoms with Crippen LogP contribution in [0.25, 0.3) is 0 Å². The second-order valence-electron chi connectivity index (χ2n) is 6.33. The Kier molecular flexibility index (Phi) is 5.84. The number of benzene rings is 2. The van der Waals surface area contributed by atoms with Crippen molar-refractivity contribution in [1.82, 2.24) is 5.32 Å². The van der Waals surface area contributed by atoms with E-state index in [0.717, 1.165) is 18.7 Å². The Labute approximate surface area is 152 Å². The lowest BCUT2D eigenvalue weighted by Crippen LogP contribution is -2.36. The Morgan fingerprint density at radius 3 is 2.23 bits per heavy atom. The molecule has 1 heterocycles. The molecule has 3 rings (SSSR count). The molecule has 5 nitrogen and oxygen atoms in total. The molecule has 26 heavy (non-hydrogen) atoms. The summed E-state index contributed by atoms with van der Waals surface area (Å²) in [5.74, 6) is -1.87. The van der Waals surface area contributed by atoms with E-state index in [1.54, 1.807) is 0 Å². The quantitative estimate of drug-likeness (QED) is 0.811. The lowest BCUT2D eigenvalue weighted by molar-refractivity contribution is -0.136. The van der Waals surface area contributed by atoms with E-state index >= 15 is 0 Å². The highest BCUT2D eigenvalue weighted by atomic mass is 19.1. The second kappa shape index (κ2) is 8.47. The number of anilines is 2. The lowest BCUT2D eigenvalue weighted by atomic mass is 10.1. The third-order valence-electron chi connectivity index (χ3n) is 4.42. The van der Waals surface area contributed by atoms with E-state index in [0.29, 0.717) is 18.7 Å². The van der Waals surface area contributed by atoms with Crippen molar-refractivity contribution in [2.45, 2.75) is 19.3 Å². The van der Waals surface area contributed by atoms with Crippen LogP contribution in [0.4, 0.5) is 15.8 Å². The summed E-state index contributed by atoms with van der Waals surface area (Å²) < 4.78 is 12.8. The lowest BCUT2D eigenvalue weighted by Gasteiger charge is -2.17. The van der Waals surface area contributed by atoms with Gasteiger partial charge in [-0.3, -0.25) is 9.59 Å². The van der Waals surface area contributed by atoms with Crippen molar-refractivity contribution in [1.29, 1.82) is 0 Å². The Hall–Kier alpha value is -2.89. The van der Waals surface area contributed by atoms with Gasteiger partial charge in [-0.05, 0) is 61.2 Å². The predicted molar refractivity (Wildman–Crippen MR) is 99.6 cm³/mol. The summed E-state index contributed by atoms with van der Waals surface area (Å²) in [5, 5.41) is 5.03. The molecule has 0 radical (unpaired) electrons. The van der Waals surface area contributed by atoms with Crippen LogP contribution in [0.5, 0.6) is 0 Å². The number of hydrogen-bond donors (Lipinski definition) is 2. The van der Waals surface area contributed by atoms with E-state index < -0.39 is 17.6 Å². The molecule has 0 spiro atoms. The van der Waals surface area contributed by atoms with Gasteiger partial charge in [0.15, 0.2) is 0 Å². The summed E-state index contributed by atoms with van der Waals surface area (Å²) in [6.45, 7) is 2.59. The van der Waals surface area contributed by atoms with Crippen LogP contribution in [0.2, 0.25) is 0 Å². The Bertz CT molecular complexity index is 754. The number of halogens is 1. The fraction of sp³-hybridized carbons (Fsp3) is 0.300.